The number of amides is 1. The van der Waals surface area contributed by atoms with Gasteiger partial charge in [-0.3, -0.25) is 9.80 Å². The van der Waals surface area contributed by atoms with Crippen LogP contribution in [0.1, 0.15) is 17.5 Å². The van der Waals surface area contributed by atoms with Crippen molar-refractivity contribution in [1.82, 2.24) is 19.9 Å². The maximum absolute atomic E-state index is 15.0. The Kier molecular flexibility index (Phi) is 5.68. The van der Waals surface area contributed by atoms with Crippen molar-refractivity contribution in [1.29, 1.82) is 0 Å². The second kappa shape index (κ2) is 8.92. The van der Waals surface area contributed by atoms with Crippen molar-refractivity contribution in [2.75, 3.05) is 24.5 Å². The summed E-state index contributed by atoms with van der Waals surface area (Å²) in [4.78, 5) is 16.1. The molecule has 1 atom stereocenters. The summed E-state index contributed by atoms with van der Waals surface area (Å²) in [5.74, 6) is -0.321. The van der Waals surface area contributed by atoms with Crippen LogP contribution in [0.25, 0.3) is 5.57 Å². The number of halogens is 1. The van der Waals surface area contributed by atoms with E-state index in [9.17, 15) is 4.79 Å². The molecule has 1 amide bonds. The molecule has 3 aromatic rings. The third kappa shape index (κ3) is 4.40. The number of hydrogen-bond acceptors (Lipinski definition) is 5. The lowest BCUT2D eigenvalue weighted by atomic mass is 9.98. The van der Waals surface area contributed by atoms with E-state index in [4.69, 9.17) is 4.74 Å². The molecule has 0 aliphatic carbocycles. The lowest BCUT2D eigenvalue weighted by Gasteiger charge is -2.27. The van der Waals surface area contributed by atoms with Gasteiger partial charge in [0.25, 0.3) is 0 Å². The number of carbonyl (C=O) groups excluding carboxylic acids is 1. The molecule has 0 unspecified atom stereocenters. The first-order valence-corrected chi connectivity index (χ1v) is 10.7. The van der Waals surface area contributed by atoms with Gasteiger partial charge in [0.1, 0.15) is 11.9 Å². The number of hydrogen-bond donors (Lipinski definition) is 0. The van der Waals surface area contributed by atoms with Crippen LogP contribution < -0.4 is 4.90 Å². The highest BCUT2D eigenvalue weighted by Gasteiger charge is 2.33. The molecule has 8 heteroatoms. The highest BCUT2D eigenvalue weighted by molar-refractivity contribution is 5.90. The Hall–Kier alpha value is -3.52. The van der Waals surface area contributed by atoms with E-state index in [0.717, 1.165) is 31.6 Å². The van der Waals surface area contributed by atoms with Crippen LogP contribution in [0.5, 0.6) is 0 Å². The summed E-state index contributed by atoms with van der Waals surface area (Å²) < 4.78 is 22.0. The molecule has 0 bridgehead atoms. The van der Waals surface area contributed by atoms with Gasteiger partial charge < -0.3 is 4.74 Å². The second-order valence-electron chi connectivity index (χ2n) is 8.11. The van der Waals surface area contributed by atoms with E-state index in [1.807, 2.05) is 18.2 Å². The Labute approximate surface area is 185 Å². The largest absolute Gasteiger partial charge is 0.442 e. The van der Waals surface area contributed by atoms with Gasteiger partial charge in [-0.25, -0.2) is 13.9 Å². The zero-order chi connectivity index (χ0) is 21.9. The highest BCUT2D eigenvalue weighted by atomic mass is 19.1. The summed E-state index contributed by atoms with van der Waals surface area (Å²) in [6.07, 6.45) is 5.34. The monoisotopic (exact) mass is 433 g/mol. The summed E-state index contributed by atoms with van der Waals surface area (Å²) in [5, 5.41) is 7.65. The van der Waals surface area contributed by atoms with Crippen LogP contribution in [0.15, 0.2) is 67.0 Å². The fourth-order valence-corrected chi connectivity index (χ4v) is 4.24. The van der Waals surface area contributed by atoms with Gasteiger partial charge in [0.2, 0.25) is 0 Å². The number of ether oxygens (including phenoxy) is 1. The van der Waals surface area contributed by atoms with Gasteiger partial charge in [-0.2, -0.15) is 0 Å². The molecule has 2 aliphatic rings. The maximum Gasteiger partial charge on any atom is 0.414 e. The van der Waals surface area contributed by atoms with Crippen molar-refractivity contribution in [3.63, 3.8) is 0 Å². The molecule has 1 saturated heterocycles. The first-order chi connectivity index (χ1) is 15.7. The summed E-state index contributed by atoms with van der Waals surface area (Å²) in [6, 6.07) is 15.3. The number of carbonyl (C=O) groups is 1. The molecule has 7 nitrogen and oxygen atoms in total. The number of aromatic nitrogens is 3. The Morgan fingerprint density at radius 1 is 1.16 bits per heavy atom. The van der Waals surface area contributed by atoms with Crippen LogP contribution in [0.4, 0.5) is 14.9 Å². The predicted molar refractivity (Wildman–Crippen MR) is 118 cm³/mol. The van der Waals surface area contributed by atoms with E-state index in [1.165, 1.54) is 16.5 Å². The fourth-order valence-electron chi connectivity index (χ4n) is 4.24. The van der Waals surface area contributed by atoms with E-state index in [0.29, 0.717) is 24.3 Å². The molecule has 1 aromatic heterocycles. The average molecular weight is 433 g/mol. The van der Waals surface area contributed by atoms with Crippen molar-refractivity contribution >= 4 is 17.4 Å². The number of benzene rings is 2. The van der Waals surface area contributed by atoms with Crippen LogP contribution in [0.2, 0.25) is 0 Å². The van der Waals surface area contributed by atoms with E-state index in [1.54, 1.807) is 29.2 Å². The maximum atomic E-state index is 15.0. The van der Waals surface area contributed by atoms with Gasteiger partial charge in [0.05, 0.1) is 25.0 Å². The Bertz CT molecular complexity index is 1120. The molecule has 1 fully saturated rings. The van der Waals surface area contributed by atoms with Gasteiger partial charge in [-0.15, -0.1) is 5.10 Å². The van der Waals surface area contributed by atoms with E-state index in [-0.39, 0.29) is 11.9 Å². The van der Waals surface area contributed by atoms with E-state index in [2.05, 4.69) is 33.4 Å². The third-order valence-corrected chi connectivity index (χ3v) is 5.89. The minimum Gasteiger partial charge on any atom is -0.442 e. The zero-order valence-electron chi connectivity index (χ0n) is 17.6. The number of cyclic esters (lactones) is 1. The van der Waals surface area contributed by atoms with E-state index < -0.39 is 6.09 Å². The van der Waals surface area contributed by atoms with Gasteiger partial charge >= 0.3 is 6.09 Å². The van der Waals surface area contributed by atoms with Crippen molar-refractivity contribution in [3.05, 3.63) is 83.9 Å². The van der Waals surface area contributed by atoms with Crippen molar-refractivity contribution in [2.24, 2.45) is 0 Å². The summed E-state index contributed by atoms with van der Waals surface area (Å²) in [7, 11) is 0. The smallest absolute Gasteiger partial charge is 0.414 e. The van der Waals surface area contributed by atoms with Gasteiger partial charge in [0, 0.05) is 31.4 Å². The van der Waals surface area contributed by atoms with Crippen LogP contribution in [-0.4, -0.2) is 51.7 Å². The van der Waals surface area contributed by atoms with Crippen molar-refractivity contribution in [2.45, 2.75) is 25.6 Å². The molecule has 0 N–H and O–H groups in total. The summed E-state index contributed by atoms with van der Waals surface area (Å²) in [6.45, 7) is 3.31. The van der Waals surface area contributed by atoms with Crippen LogP contribution in [-0.2, 0) is 17.8 Å². The normalized spacial score (nSPS) is 19.2. The SMILES string of the molecule is O=C1O[C@@H](Cn2ccnn2)CN1c1ccc(C2=CCN(Cc3ccccc3)CC2)c(F)c1. The first kappa shape index (κ1) is 20.4. The summed E-state index contributed by atoms with van der Waals surface area (Å²) >= 11 is 0. The Balaban J connectivity index is 1.24. The first-order valence-electron chi connectivity index (χ1n) is 10.7. The molecule has 2 aliphatic heterocycles. The van der Waals surface area contributed by atoms with Crippen LogP contribution in [0, 0.1) is 5.82 Å². The zero-order valence-corrected chi connectivity index (χ0v) is 17.6. The van der Waals surface area contributed by atoms with Crippen molar-refractivity contribution < 1.29 is 13.9 Å². The average Bonchev–Trinajstić information content (AvgIpc) is 3.45. The third-order valence-electron chi connectivity index (χ3n) is 5.89. The molecule has 164 valence electrons. The number of nitrogens with zero attached hydrogens (tertiary/aromatic N) is 5. The molecule has 2 aromatic carbocycles. The molecule has 0 spiro atoms. The van der Waals surface area contributed by atoms with Gasteiger partial charge in [0.15, 0.2) is 0 Å². The van der Waals surface area contributed by atoms with E-state index >= 15 is 4.39 Å². The quantitative estimate of drug-likeness (QED) is 0.593. The van der Waals surface area contributed by atoms with Crippen molar-refractivity contribution in [3.8, 4) is 0 Å². The van der Waals surface area contributed by atoms with Gasteiger partial charge in [-0.05, 0) is 35.8 Å². The molecule has 32 heavy (non-hydrogen) atoms. The molecule has 0 saturated carbocycles. The van der Waals surface area contributed by atoms with Crippen LogP contribution in [0.3, 0.4) is 0 Å². The lowest BCUT2D eigenvalue weighted by Crippen LogP contribution is -2.28. The Morgan fingerprint density at radius 3 is 2.75 bits per heavy atom. The fraction of sp³-hybridized carbons (Fsp3) is 0.292. The predicted octanol–water partition coefficient (Wildman–Crippen LogP) is 3.73. The van der Waals surface area contributed by atoms with Crippen LogP contribution >= 0.6 is 0 Å². The molecule has 0 radical (unpaired) electrons. The summed E-state index contributed by atoms with van der Waals surface area (Å²) in [5.41, 5.74) is 3.38. The Morgan fingerprint density at radius 2 is 2.03 bits per heavy atom. The topological polar surface area (TPSA) is 63.5 Å². The lowest BCUT2D eigenvalue weighted by molar-refractivity contribution is 0.129. The standard InChI is InChI=1S/C24H24FN5O2/c25-23-14-20(30-17-21(32-24(30)31)16-29-13-10-26-27-29)6-7-22(23)19-8-11-28(12-9-19)15-18-4-2-1-3-5-18/h1-8,10,13-14,21H,9,11-12,15-17H2/t21-/m0/s1. The molecule has 3 heterocycles. The number of anilines is 1. The minimum atomic E-state index is -0.476. The molecular formula is C24H24FN5O2. The highest BCUT2D eigenvalue weighted by Crippen LogP contribution is 2.30. The minimum absolute atomic E-state index is 0.321. The number of rotatable bonds is 6. The van der Waals surface area contributed by atoms with Gasteiger partial charge in [-0.1, -0.05) is 41.6 Å². The molecular weight excluding hydrogens is 409 g/mol. The second-order valence-corrected chi connectivity index (χ2v) is 8.11. The molecule has 5 rings (SSSR count).